The molecule has 0 saturated carbocycles. The van der Waals surface area contributed by atoms with Crippen LogP contribution >= 0.6 is 0 Å². The molecule has 0 atom stereocenters. The zero-order valence-electron chi connectivity index (χ0n) is 15.8. The van der Waals surface area contributed by atoms with E-state index in [9.17, 15) is 4.79 Å². The van der Waals surface area contributed by atoms with Crippen molar-refractivity contribution in [2.75, 3.05) is 30.5 Å². The molecule has 0 bridgehead atoms. The number of nitrogens with one attached hydrogen (secondary N) is 2. The quantitative estimate of drug-likeness (QED) is 0.661. The van der Waals surface area contributed by atoms with Crippen molar-refractivity contribution in [3.63, 3.8) is 0 Å². The summed E-state index contributed by atoms with van der Waals surface area (Å²) in [6.07, 6.45) is 1.53. The lowest BCUT2D eigenvalue weighted by atomic mass is 10.2. The molecule has 0 radical (unpaired) electrons. The van der Waals surface area contributed by atoms with E-state index >= 15 is 0 Å². The highest BCUT2D eigenvalue weighted by Crippen LogP contribution is 2.32. The van der Waals surface area contributed by atoms with Crippen LogP contribution in [0.4, 0.5) is 17.3 Å². The van der Waals surface area contributed by atoms with Crippen LogP contribution in [0.5, 0.6) is 17.2 Å². The van der Waals surface area contributed by atoms with Crippen LogP contribution < -0.4 is 24.8 Å². The molecule has 8 heteroatoms. The molecule has 148 valence electrons. The van der Waals surface area contributed by atoms with E-state index in [2.05, 4.69) is 20.6 Å². The monoisotopic (exact) mass is 392 g/mol. The Morgan fingerprint density at radius 3 is 2.59 bits per heavy atom. The van der Waals surface area contributed by atoms with E-state index in [0.29, 0.717) is 43.0 Å². The van der Waals surface area contributed by atoms with Crippen LogP contribution in [-0.4, -0.2) is 35.7 Å². The van der Waals surface area contributed by atoms with Crippen molar-refractivity contribution in [3.05, 3.63) is 60.4 Å². The Balaban J connectivity index is 1.44. The molecule has 29 heavy (non-hydrogen) atoms. The first-order valence-electron chi connectivity index (χ1n) is 9.25. The molecule has 2 N–H and O–H groups in total. The van der Waals surface area contributed by atoms with Crippen molar-refractivity contribution in [1.82, 2.24) is 9.97 Å². The summed E-state index contributed by atoms with van der Waals surface area (Å²) >= 11 is 0. The lowest BCUT2D eigenvalue weighted by Crippen LogP contribution is -2.17. The Kier molecular flexibility index (Phi) is 5.42. The van der Waals surface area contributed by atoms with Gasteiger partial charge in [-0.2, -0.15) is 0 Å². The number of rotatable bonds is 6. The Hall–Kier alpha value is -3.81. The van der Waals surface area contributed by atoms with Gasteiger partial charge in [-0.1, -0.05) is 0 Å². The van der Waals surface area contributed by atoms with Gasteiger partial charge in [0, 0.05) is 23.6 Å². The van der Waals surface area contributed by atoms with E-state index < -0.39 is 0 Å². The fraction of sp³-hybridized carbons (Fsp3) is 0.190. The number of fused-ring (bicyclic) bond motifs is 1. The van der Waals surface area contributed by atoms with Gasteiger partial charge in [0.25, 0.3) is 5.91 Å². The van der Waals surface area contributed by atoms with Crippen LogP contribution in [0.3, 0.4) is 0 Å². The second-order valence-corrected chi connectivity index (χ2v) is 6.16. The molecular formula is C21H20N4O4. The number of hydrogen-bond acceptors (Lipinski definition) is 7. The summed E-state index contributed by atoms with van der Waals surface area (Å²) in [6.45, 7) is 3.54. The number of benzene rings is 2. The van der Waals surface area contributed by atoms with Gasteiger partial charge in [-0.3, -0.25) is 4.79 Å². The Labute approximate surface area is 167 Å². The van der Waals surface area contributed by atoms with Crippen LogP contribution in [0, 0.1) is 0 Å². The minimum Gasteiger partial charge on any atom is -0.494 e. The summed E-state index contributed by atoms with van der Waals surface area (Å²) in [6, 6.07) is 14.2. The van der Waals surface area contributed by atoms with Crippen molar-refractivity contribution in [2.45, 2.75) is 6.92 Å². The number of amides is 1. The van der Waals surface area contributed by atoms with E-state index in [-0.39, 0.29) is 11.6 Å². The lowest BCUT2D eigenvalue weighted by Gasteiger charge is -2.19. The molecule has 0 aliphatic carbocycles. The standard InChI is InChI=1S/C21H20N4O4/c1-2-27-16-6-3-14(4-7-16)24-21-22-10-9-17(25-21)20(26)23-15-5-8-18-19(13-15)29-12-11-28-18/h3-10,13H,2,11-12H2,1H3,(H,23,26)(H,22,24,25). The van der Waals surface area contributed by atoms with Gasteiger partial charge < -0.3 is 24.8 Å². The third-order valence-electron chi connectivity index (χ3n) is 4.11. The molecule has 1 amide bonds. The molecule has 8 nitrogen and oxygen atoms in total. The number of nitrogens with zero attached hydrogens (tertiary/aromatic N) is 2. The number of anilines is 3. The number of ether oxygens (including phenoxy) is 3. The predicted octanol–water partition coefficient (Wildman–Crippen LogP) is 3.64. The molecule has 1 aliphatic rings. The first-order chi connectivity index (χ1) is 14.2. The smallest absolute Gasteiger partial charge is 0.274 e. The minimum absolute atomic E-state index is 0.239. The average molecular weight is 392 g/mol. The van der Waals surface area contributed by atoms with Gasteiger partial charge in [0.05, 0.1) is 6.61 Å². The zero-order chi connectivity index (χ0) is 20.1. The zero-order valence-corrected chi connectivity index (χ0v) is 15.8. The Bertz CT molecular complexity index is 1010. The van der Waals surface area contributed by atoms with Gasteiger partial charge in [-0.05, 0) is 49.4 Å². The summed E-state index contributed by atoms with van der Waals surface area (Å²) < 4.78 is 16.5. The second-order valence-electron chi connectivity index (χ2n) is 6.16. The van der Waals surface area contributed by atoms with Crippen LogP contribution in [0.25, 0.3) is 0 Å². The van der Waals surface area contributed by atoms with E-state index in [1.54, 1.807) is 24.3 Å². The highest BCUT2D eigenvalue weighted by atomic mass is 16.6. The first-order valence-corrected chi connectivity index (χ1v) is 9.25. The first kappa shape index (κ1) is 18.5. The van der Waals surface area contributed by atoms with Crippen LogP contribution in [-0.2, 0) is 0 Å². The number of carbonyl (C=O) groups is 1. The van der Waals surface area contributed by atoms with Gasteiger partial charge in [0.2, 0.25) is 5.95 Å². The van der Waals surface area contributed by atoms with Crippen LogP contribution in [0.15, 0.2) is 54.7 Å². The fourth-order valence-electron chi connectivity index (χ4n) is 2.79. The van der Waals surface area contributed by atoms with Gasteiger partial charge in [-0.25, -0.2) is 9.97 Å². The third kappa shape index (κ3) is 4.55. The Morgan fingerprint density at radius 1 is 1.03 bits per heavy atom. The fourth-order valence-corrected chi connectivity index (χ4v) is 2.79. The molecule has 1 aliphatic heterocycles. The molecule has 4 rings (SSSR count). The molecule has 0 spiro atoms. The van der Waals surface area contributed by atoms with Crippen molar-refractivity contribution in [3.8, 4) is 17.2 Å². The van der Waals surface area contributed by atoms with E-state index in [0.717, 1.165) is 11.4 Å². The largest absolute Gasteiger partial charge is 0.494 e. The summed E-state index contributed by atoms with van der Waals surface area (Å²) in [5, 5.41) is 5.89. The van der Waals surface area contributed by atoms with Crippen LogP contribution in [0.2, 0.25) is 0 Å². The summed E-state index contributed by atoms with van der Waals surface area (Å²) in [5.41, 5.74) is 1.63. The molecule has 2 heterocycles. The minimum atomic E-state index is -0.348. The summed E-state index contributed by atoms with van der Waals surface area (Å²) in [5.74, 6) is 2.03. The van der Waals surface area contributed by atoms with Crippen molar-refractivity contribution in [2.24, 2.45) is 0 Å². The van der Waals surface area contributed by atoms with E-state index in [1.807, 2.05) is 31.2 Å². The second kappa shape index (κ2) is 8.47. The molecule has 1 aromatic heterocycles. The molecule has 0 unspecified atom stereocenters. The average Bonchev–Trinajstić information content (AvgIpc) is 2.75. The molecule has 3 aromatic rings. The molecule has 0 saturated heterocycles. The SMILES string of the molecule is CCOc1ccc(Nc2nccc(C(=O)Nc3ccc4c(c3)OCCO4)n2)cc1. The van der Waals surface area contributed by atoms with Gasteiger partial charge in [0.15, 0.2) is 11.5 Å². The maximum Gasteiger partial charge on any atom is 0.274 e. The van der Waals surface area contributed by atoms with Crippen LogP contribution in [0.1, 0.15) is 17.4 Å². The van der Waals surface area contributed by atoms with Crippen molar-refractivity contribution >= 4 is 23.2 Å². The third-order valence-corrected chi connectivity index (χ3v) is 4.11. The lowest BCUT2D eigenvalue weighted by molar-refractivity contribution is 0.102. The molecule has 0 fully saturated rings. The maximum absolute atomic E-state index is 12.6. The normalized spacial score (nSPS) is 12.2. The van der Waals surface area contributed by atoms with Gasteiger partial charge >= 0.3 is 0 Å². The van der Waals surface area contributed by atoms with Gasteiger partial charge in [-0.15, -0.1) is 0 Å². The maximum atomic E-state index is 12.6. The highest BCUT2D eigenvalue weighted by Gasteiger charge is 2.14. The van der Waals surface area contributed by atoms with Crippen molar-refractivity contribution < 1.29 is 19.0 Å². The van der Waals surface area contributed by atoms with Crippen molar-refractivity contribution in [1.29, 1.82) is 0 Å². The predicted molar refractivity (Wildman–Crippen MR) is 108 cm³/mol. The summed E-state index contributed by atoms with van der Waals surface area (Å²) in [7, 11) is 0. The van der Waals surface area contributed by atoms with E-state index in [1.165, 1.54) is 6.20 Å². The number of aromatic nitrogens is 2. The topological polar surface area (TPSA) is 94.6 Å². The summed E-state index contributed by atoms with van der Waals surface area (Å²) in [4.78, 5) is 21.0. The molecular weight excluding hydrogens is 372 g/mol. The van der Waals surface area contributed by atoms with Gasteiger partial charge in [0.1, 0.15) is 24.7 Å². The van der Waals surface area contributed by atoms with E-state index in [4.69, 9.17) is 14.2 Å². The molecule has 2 aromatic carbocycles. The highest BCUT2D eigenvalue weighted by molar-refractivity contribution is 6.03. The number of hydrogen-bond donors (Lipinski definition) is 2. The Morgan fingerprint density at radius 2 is 1.79 bits per heavy atom. The number of carbonyl (C=O) groups excluding carboxylic acids is 1.